The fourth-order valence-electron chi connectivity index (χ4n) is 4.18. The Morgan fingerprint density at radius 3 is 2.43 bits per heavy atom. The fourth-order valence-corrected chi connectivity index (χ4v) is 4.18. The van der Waals surface area contributed by atoms with Crippen LogP contribution in [0.2, 0.25) is 0 Å². The number of anilines is 2. The predicted molar refractivity (Wildman–Crippen MR) is 122 cm³/mol. The number of H-pyrrole nitrogens is 1. The quantitative estimate of drug-likeness (QED) is 0.505. The van der Waals surface area contributed by atoms with Gasteiger partial charge in [-0.3, -0.25) is 9.89 Å². The number of nitrogens with zero attached hydrogens (tertiary/aromatic N) is 2. The standard InChI is InChI=1S/C25H24N4O/c30-25(28-23-8-5-18-3-1-2-4-21(18)15-23)20-11-13-29(14-12-20)24-9-6-19(7-10-24)22-16-26-27-17-22/h1-10,15-17,20H,11-14H2,(H,26,27)(H,28,30). The lowest BCUT2D eigenvalue weighted by molar-refractivity contribution is -0.120. The Balaban J connectivity index is 1.19. The molecule has 1 aliphatic heterocycles. The van der Waals surface area contributed by atoms with Crippen molar-refractivity contribution < 1.29 is 4.79 Å². The second-order valence-corrected chi connectivity index (χ2v) is 7.85. The molecule has 1 fully saturated rings. The molecule has 0 unspecified atom stereocenters. The van der Waals surface area contributed by atoms with E-state index in [9.17, 15) is 4.79 Å². The van der Waals surface area contributed by atoms with Crippen LogP contribution in [-0.4, -0.2) is 29.2 Å². The van der Waals surface area contributed by atoms with Crippen LogP contribution in [0, 0.1) is 5.92 Å². The van der Waals surface area contributed by atoms with Crippen LogP contribution in [0.25, 0.3) is 21.9 Å². The summed E-state index contributed by atoms with van der Waals surface area (Å²) in [4.78, 5) is 15.1. The Kier molecular flexibility index (Phi) is 4.93. The second kappa shape index (κ2) is 8.03. The maximum absolute atomic E-state index is 12.8. The minimum absolute atomic E-state index is 0.0536. The summed E-state index contributed by atoms with van der Waals surface area (Å²) in [5, 5.41) is 12.3. The molecule has 5 heteroatoms. The Morgan fingerprint density at radius 2 is 1.70 bits per heavy atom. The monoisotopic (exact) mass is 396 g/mol. The number of amides is 1. The van der Waals surface area contributed by atoms with Crippen LogP contribution < -0.4 is 10.2 Å². The molecule has 5 rings (SSSR count). The molecular formula is C25H24N4O. The third kappa shape index (κ3) is 3.79. The van der Waals surface area contributed by atoms with Gasteiger partial charge in [0.25, 0.3) is 0 Å². The van der Waals surface area contributed by atoms with Gasteiger partial charge in [0.2, 0.25) is 5.91 Å². The van der Waals surface area contributed by atoms with E-state index in [1.807, 2.05) is 36.7 Å². The third-order valence-corrected chi connectivity index (χ3v) is 5.95. The second-order valence-electron chi connectivity index (χ2n) is 7.85. The number of rotatable bonds is 4. The van der Waals surface area contributed by atoms with Crippen molar-refractivity contribution in [3.63, 3.8) is 0 Å². The molecule has 3 aromatic carbocycles. The highest BCUT2D eigenvalue weighted by atomic mass is 16.1. The van der Waals surface area contributed by atoms with E-state index in [0.29, 0.717) is 0 Å². The van der Waals surface area contributed by atoms with E-state index < -0.39 is 0 Å². The van der Waals surface area contributed by atoms with Gasteiger partial charge >= 0.3 is 0 Å². The van der Waals surface area contributed by atoms with Crippen LogP contribution in [0.1, 0.15) is 12.8 Å². The fraction of sp³-hybridized carbons (Fsp3) is 0.200. The van der Waals surface area contributed by atoms with Crippen molar-refractivity contribution in [1.29, 1.82) is 0 Å². The molecule has 1 aliphatic rings. The summed E-state index contributed by atoms with van der Waals surface area (Å²) in [6.07, 6.45) is 5.45. The molecule has 0 bridgehead atoms. The Bertz CT molecular complexity index is 1140. The number of piperidine rings is 1. The zero-order valence-corrected chi connectivity index (χ0v) is 16.7. The lowest BCUT2D eigenvalue weighted by Gasteiger charge is -2.33. The average Bonchev–Trinajstić information content (AvgIpc) is 3.34. The van der Waals surface area contributed by atoms with E-state index >= 15 is 0 Å². The number of benzene rings is 3. The largest absolute Gasteiger partial charge is 0.371 e. The van der Waals surface area contributed by atoms with Crippen molar-refractivity contribution in [2.24, 2.45) is 5.92 Å². The van der Waals surface area contributed by atoms with Crippen molar-refractivity contribution in [2.75, 3.05) is 23.3 Å². The predicted octanol–water partition coefficient (Wildman–Crippen LogP) is 5.09. The molecule has 1 amide bonds. The van der Waals surface area contributed by atoms with E-state index in [-0.39, 0.29) is 11.8 Å². The van der Waals surface area contributed by atoms with Crippen molar-refractivity contribution in [2.45, 2.75) is 12.8 Å². The first-order valence-electron chi connectivity index (χ1n) is 10.4. The van der Waals surface area contributed by atoms with E-state index in [1.54, 1.807) is 0 Å². The molecule has 150 valence electrons. The molecule has 0 aliphatic carbocycles. The molecule has 0 radical (unpaired) electrons. The zero-order chi connectivity index (χ0) is 20.3. The van der Waals surface area contributed by atoms with Crippen molar-refractivity contribution in [3.8, 4) is 11.1 Å². The van der Waals surface area contributed by atoms with E-state index in [2.05, 4.69) is 62.9 Å². The molecule has 2 heterocycles. The minimum atomic E-state index is 0.0536. The van der Waals surface area contributed by atoms with Gasteiger partial charge in [0.05, 0.1) is 6.20 Å². The summed E-state index contributed by atoms with van der Waals surface area (Å²) in [5.41, 5.74) is 4.31. The highest BCUT2D eigenvalue weighted by Crippen LogP contribution is 2.27. The van der Waals surface area contributed by atoms with Crippen molar-refractivity contribution in [1.82, 2.24) is 10.2 Å². The summed E-state index contributed by atoms with van der Waals surface area (Å²) in [7, 11) is 0. The van der Waals surface area contributed by atoms with Gasteiger partial charge in [-0.05, 0) is 53.4 Å². The first-order valence-corrected chi connectivity index (χ1v) is 10.4. The van der Waals surface area contributed by atoms with Gasteiger partial charge in [0, 0.05) is 42.1 Å². The summed E-state index contributed by atoms with van der Waals surface area (Å²) in [6.45, 7) is 1.78. The van der Waals surface area contributed by atoms with E-state index in [0.717, 1.165) is 48.1 Å². The van der Waals surface area contributed by atoms with Crippen LogP contribution in [0.3, 0.4) is 0 Å². The van der Waals surface area contributed by atoms with Crippen LogP contribution in [0.4, 0.5) is 11.4 Å². The Labute approximate surface area is 175 Å². The molecule has 30 heavy (non-hydrogen) atoms. The molecule has 1 aromatic heterocycles. The first kappa shape index (κ1) is 18.4. The topological polar surface area (TPSA) is 61.0 Å². The molecule has 0 saturated carbocycles. The molecule has 5 nitrogen and oxygen atoms in total. The van der Waals surface area contributed by atoms with Crippen LogP contribution >= 0.6 is 0 Å². The molecule has 0 spiro atoms. The smallest absolute Gasteiger partial charge is 0.227 e. The molecule has 1 saturated heterocycles. The summed E-state index contributed by atoms with van der Waals surface area (Å²) in [5.74, 6) is 0.179. The summed E-state index contributed by atoms with van der Waals surface area (Å²) < 4.78 is 0. The highest BCUT2D eigenvalue weighted by molar-refractivity contribution is 5.95. The van der Waals surface area contributed by atoms with Gasteiger partial charge in [-0.2, -0.15) is 5.10 Å². The molecule has 0 atom stereocenters. The van der Waals surface area contributed by atoms with Crippen molar-refractivity contribution in [3.05, 3.63) is 79.1 Å². The first-order chi connectivity index (χ1) is 14.8. The van der Waals surface area contributed by atoms with Gasteiger partial charge in [0.1, 0.15) is 0 Å². The number of aromatic amines is 1. The molecule has 2 N–H and O–H groups in total. The Hall–Kier alpha value is -3.60. The minimum Gasteiger partial charge on any atom is -0.371 e. The number of carbonyl (C=O) groups is 1. The van der Waals surface area contributed by atoms with E-state index in [4.69, 9.17) is 0 Å². The number of hydrogen-bond acceptors (Lipinski definition) is 3. The van der Waals surface area contributed by atoms with Gasteiger partial charge < -0.3 is 10.2 Å². The highest BCUT2D eigenvalue weighted by Gasteiger charge is 2.25. The number of fused-ring (bicyclic) bond motifs is 1. The third-order valence-electron chi connectivity index (χ3n) is 5.95. The average molecular weight is 396 g/mol. The summed E-state index contributed by atoms with van der Waals surface area (Å²) in [6, 6.07) is 22.8. The summed E-state index contributed by atoms with van der Waals surface area (Å²) >= 11 is 0. The lowest BCUT2D eigenvalue weighted by Crippen LogP contribution is -2.38. The maximum atomic E-state index is 12.8. The Morgan fingerprint density at radius 1 is 0.933 bits per heavy atom. The van der Waals surface area contributed by atoms with E-state index in [1.165, 1.54) is 11.1 Å². The van der Waals surface area contributed by atoms with Gasteiger partial charge in [-0.15, -0.1) is 0 Å². The van der Waals surface area contributed by atoms with Gasteiger partial charge in [-0.1, -0.05) is 42.5 Å². The number of nitrogens with one attached hydrogen (secondary N) is 2. The SMILES string of the molecule is O=C(Nc1ccc2ccccc2c1)C1CCN(c2ccc(-c3cn[nH]c3)cc2)CC1. The maximum Gasteiger partial charge on any atom is 0.227 e. The van der Waals surface area contributed by atoms with Crippen LogP contribution in [0.15, 0.2) is 79.1 Å². The van der Waals surface area contributed by atoms with Crippen LogP contribution in [-0.2, 0) is 4.79 Å². The number of hydrogen-bond donors (Lipinski definition) is 2. The zero-order valence-electron chi connectivity index (χ0n) is 16.7. The molecule has 4 aromatic rings. The number of aromatic nitrogens is 2. The number of carbonyl (C=O) groups excluding carboxylic acids is 1. The molecular weight excluding hydrogens is 372 g/mol. The lowest BCUT2D eigenvalue weighted by atomic mass is 9.95. The van der Waals surface area contributed by atoms with Gasteiger partial charge in [-0.25, -0.2) is 0 Å². The van der Waals surface area contributed by atoms with Crippen LogP contribution in [0.5, 0.6) is 0 Å². The normalized spacial score (nSPS) is 14.7. The van der Waals surface area contributed by atoms with Crippen molar-refractivity contribution >= 4 is 28.1 Å². The van der Waals surface area contributed by atoms with Gasteiger partial charge in [0.15, 0.2) is 0 Å².